The van der Waals surface area contributed by atoms with Gasteiger partial charge in [0.1, 0.15) is 5.82 Å². The Hall–Kier alpha value is -3.45. The van der Waals surface area contributed by atoms with E-state index < -0.39 is 11.9 Å². The molecule has 0 spiro atoms. The number of rotatable bonds is 5. The Balaban J connectivity index is 1.68. The Morgan fingerprint density at radius 3 is 2.67 bits per heavy atom. The van der Waals surface area contributed by atoms with E-state index in [1.54, 1.807) is 22.8 Å². The standard InChI is InChI=1S/C22H18ClN3O4/c23-15-3-1-13(2-4-15)11-14-9-10-26-21(14)25-18-12-16(5-6-17(18)22(26)30)24-19(27)7-8-20(28)29/h1-6,11-12H,7-10H2,(H,24,27)(H,28,29)/b14-11+. The lowest BCUT2D eigenvalue weighted by atomic mass is 10.1. The van der Waals surface area contributed by atoms with Gasteiger partial charge in [-0.2, -0.15) is 0 Å². The number of fused-ring (bicyclic) bond motifs is 2. The molecule has 0 bridgehead atoms. The van der Waals surface area contributed by atoms with Crippen molar-refractivity contribution in [2.45, 2.75) is 25.8 Å². The maximum absolute atomic E-state index is 12.9. The highest BCUT2D eigenvalue weighted by Crippen LogP contribution is 2.28. The fraction of sp³-hybridized carbons (Fsp3) is 0.182. The topological polar surface area (TPSA) is 101 Å². The van der Waals surface area contributed by atoms with Gasteiger partial charge in [0.15, 0.2) is 0 Å². The van der Waals surface area contributed by atoms with Crippen LogP contribution in [0.4, 0.5) is 5.69 Å². The number of aliphatic carboxylic acids is 1. The summed E-state index contributed by atoms with van der Waals surface area (Å²) in [5, 5.41) is 12.5. The van der Waals surface area contributed by atoms with E-state index in [0.717, 1.165) is 11.1 Å². The van der Waals surface area contributed by atoms with Crippen molar-refractivity contribution in [1.29, 1.82) is 0 Å². The molecule has 7 nitrogen and oxygen atoms in total. The first-order chi connectivity index (χ1) is 14.4. The van der Waals surface area contributed by atoms with Gasteiger partial charge in [-0.05, 0) is 54.0 Å². The SMILES string of the molecule is O=C(O)CCC(=O)Nc1ccc2c(=O)n3c(nc2c1)/C(=C/c1ccc(Cl)cc1)CC3. The predicted octanol–water partition coefficient (Wildman–Crippen LogP) is 3.80. The summed E-state index contributed by atoms with van der Waals surface area (Å²) < 4.78 is 1.66. The molecule has 0 radical (unpaired) electrons. The van der Waals surface area contributed by atoms with Gasteiger partial charge in [-0.15, -0.1) is 0 Å². The molecule has 2 N–H and O–H groups in total. The van der Waals surface area contributed by atoms with E-state index in [0.29, 0.717) is 40.4 Å². The second kappa shape index (κ2) is 8.12. The van der Waals surface area contributed by atoms with Gasteiger partial charge in [0.25, 0.3) is 5.56 Å². The lowest BCUT2D eigenvalue weighted by Crippen LogP contribution is -2.21. The van der Waals surface area contributed by atoms with E-state index in [4.69, 9.17) is 16.7 Å². The molecule has 8 heteroatoms. The molecule has 4 rings (SSSR count). The zero-order valence-corrected chi connectivity index (χ0v) is 16.6. The molecular formula is C22H18ClN3O4. The van der Waals surface area contributed by atoms with Crippen molar-refractivity contribution in [3.05, 3.63) is 69.2 Å². The van der Waals surface area contributed by atoms with Crippen molar-refractivity contribution in [3.8, 4) is 0 Å². The molecule has 0 atom stereocenters. The lowest BCUT2D eigenvalue weighted by Gasteiger charge is -2.08. The number of hydrogen-bond acceptors (Lipinski definition) is 4. The number of amides is 1. The van der Waals surface area contributed by atoms with Gasteiger partial charge in [0.05, 0.1) is 17.3 Å². The van der Waals surface area contributed by atoms with Crippen LogP contribution in [-0.4, -0.2) is 26.5 Å². The number of carbonyl (C=O) groups excluding carboxylic acids is 1. The Morgan fingerprint density at radius 2 is 1.93 bits per heavy atom. The van der Waals surface area contributed by atoms with E-state index in [9.17, 15) is 14.4 Å². The summed E-state index contributed by atoms with van der Waals surface area (Å²) in [6, 6.07) is 12.3. The van der Waals surface area contributed by atoms with E-state index in [1.165, 1.54) is 0 Å². The van der Waals surface area contributed by atoms with Crippen molar-refractivity contribution < 1.29 is 14.7 Å². The molecule has 1 aromatic heterocycles. The average Bonchev–Trinajstić information content (AvgIpc) is 3.11. The van der Waals surface area contributed by atoms with Crippen LogP contribution < -0.4 is 10.9 Å². The van der Waals surface area contributed by atoms with Crippen molar-refractivity contribution in [1.82, 2.24) is 9.55 Å². The van der Waals surface area contributed by atoms with Gasteiger partial charge in [0.2, 0.25) is 5.91 Å². The van der Waals surface area contributed by atoms with Gasteiger partial charge in [-0.3, -0.25) is 19.0 Å². The first kappa shape index (κ1) is 19.8. The zero-order chi connectivity index (χ0) is 21.3. The predicted molar refractivity (Wildman–Crippen MR) is 115 cm³/mol. The van der Waals surface area contributed by atoms with Gasteiger partial charge < -0.3 is 10.4 Å². The number of nitrogens with zero attached hydrogens (tertiary/aromatic N) is 2. The minimum atomic E-state index is -1.03. The summed E-state index contributed by atoms with van der Waals surface area (Å²) in [6.07, 6.45) is 2.32. The van der Waals surface area contributed by atoms with Crippen LogP contribution in [0.25, 0.3) is 22.6 Å². The molecule has 1 aliphatic rings. The fourth-order valence-corrected chi connectivity index (χ4v) is 3.56. The van der Waals surface area contributed by atoms with Crippen LogP contribution >= 0.6 is 11.6 Å². The third-order valence-electron chi connectivity index (χ3n) is 4.91. The third-order valence-corrected chi connectivity index (χ3v) is 5.16. The summed E-state index contributed by atoms with van der Waals surface area (Å²) in [5.74, 6) is -0.830. The summed E-state index contributed by atoms with van der Waals surface area (Å²) in [5.41, 5.74) is 2.74. The van der Waals surface area contributed by atoms with Crippen LogP contribution in [0.3, 0.4) is 0 Å². The summed E-state index contributed by atoms with van der Waals surface area (Å²) in [6.45, 7) is 0.560. The van der Waals surface area contributed by atoms with Crippen LogP contribution in [0, 0.1) is 0 Å². The number of nitrogens with one attached hydrogen (secondary N) is 1. The highest BCUT2D eigenvalue weighted by molar-refractivity contribution is 6.30. The second-order valence-corrected chi connectivity index (χ2v) is 7.47. The molecule has 2 aromatic carbocycles. The highest BCUT2D eigenvalue weighted by Gasteiger charge is 2.21. The first-order valence-corrected chi connectivity index (χ1v) is 9.81. The highest BCUT2D eigenvalue weighted by atomic mass is 35.5. The van der Waals surface area contributed by atoms with E-state index in [1.807, 2.05) is 30.3 Å². The number of carbonyl (C=O) groups is 2. The number of benzene rings is 2. The Labute approximate surface area is 176 Å². The van der Waals surface area contributed by atoms with Crippen LogP contribution in [0.1, 0.15) is 30.7 Å². The maximum atomic E-state index is 12.9. The molecule has 1 aliphatic heterocycles. The smallest absolute Gasteiger partial charge is 0.303 e. The molecule has 30 heavy (non-hydrogen) atoms. The molecule has 2 heterocycles. The molecule has 152 valence electrons. The maximum Gasteiger partial charge on any atom is 0.303 e. The van der Waals surface area contributed by atoms with E-state index in [2.05, 4.69) is 10.3 Å². The number of carboxylic acids is 1. The fourth-order valence-electron chi connectivity index (χ4n) is 3.44. The van der Waals surface area contributed by atoms with Gasteiger partial charge in [-0.1, -0.05) is 23.7 Å². The first-order valence-electron chi connectivity index (χ1n) is 9.43. The number of hydrogen-bond donors (Lipinski definition) is 2. The minimum absolute atomic E-state index is 0.123. The molecular weight excluding hydrogens is 406 g/mol. The van der Waals surface area contributed by atoms with Crippen molar-refractivity contribution >= 4 is 51.7 Å². The van der Waals surface area contributed by atoms with Gasteiger partial charge >= 0.3 is 5.97 Å². The summed E-state index contributed by atoms with van der Waals surface area (Å²) >= 11 is 5.94. The van der Waals surface area contributed by atoms with Crippen molar-refractivity contribution in [2.24, 2.45) is 0 Å². The van der Waals surface area contributed by atoms with Crippen molar-refractivity contribution in [3.63, 3.8) is 0 Å². The Kier molecular flexibility index (Phi) is 5.37. The summed E-state index contributed by atoms with van der Waals surface area (Å²) in [4.78, 5) is 40.1. The lowest BCUT2D eigenvalue weighted by molar-refractivity contribution is -0.138. The van der Waals surface area contributed by atoms with Crippen LogP contribution in [0.5, 0.6) is 0 Å². The Bertz CT molecular complexity index is 1250. The van der Waals surface area contributed by atoms with Crippen LogP contribution in [0.2, 0.25) is 5.02 Å². The van der Waals surface area contributed by atoms with Crippen LogP contribution in [0.15, 0.2) is 47.3 Å². The van der Waals surface area contributed by atoms with Crippen molar-refractivity contribution in [2.75, 3.05) is 5.32 Å². The third kappa shape index (κ3) is 4.11. The van der Waals surface area contributed by atoms with Crippen LogP contribution in [-0.2, 0) is 16.1 Å². The largest absolute Gasteiger partial charge is 0.481 e. The second-order valence-electron chi connectivity index (χ2n) is 7.04. The normalized spacial score (nSPS) is 14.1. The molecule has 0 saturated carbocycles. The van der Waals surface area contributed by atoms with Gasteiger partial charge in [-0.25, -0.2) is 4.98 Å². The number of carboxylic acid groups (broad SMARTS) is 1. The number of aromatic nitrogens is 2. The molecule has 1 amide bonds. The molecule has 3 aromatic rings. The molecule has 0 fully saturated rings. The van der Waals surface area contributed by atoms with E-state index >= 15 is 0 Å². The summed E-state index contributed by atoms with van der Waals surface area (Å²) in [7, 11) is 0. The quantitative estimate of drug-likeness (QED) is 0.650. The average molecular weight is 424 g/mol. The molecule has 0 aliphatic carbocycles. The van der Waals surface area contributed by atoms with Gasteiger partial charge in [0, 0.05) is 23.7 Å². The number of halogens is 1. The molecule has 0 saturated heterocycles. The number of anilines is 1. The zero-order valence-electron chi connectivity index (χ0n) is 15.9. The minimum Gasteiger partial charge on any atom is -0.481 e. The van der Waals surface area contributed by atoms with E-state index in [-0.39, 0.29) is 18.4 Å². The monoisotopic (exact) mass is 423 g/mol. The molecule has 0 unspecified atom stereocenters. The Morgan fingerprint density at radius 1 is 1.17 bits per heavy atom. The number of allylic oxidation sites excluding steroid dienone is 1.